The molecule has 1 aromatic rings. The fourth-order valence-electron chi connectivity index (χ4n) is 1.54. The second-order valence-electron chi connectivity index (χ2n) is 4.14. The highest BCUT2D eigenvalue weighted by molar-refractivity contribution is 7.99. The van der Waals surface area contributed by atoms with Gasteiger partial charge in [0.2, 0.25) is 0 Å². The first-order chi connectivity index (χ1) is 8.72. The Kier molecular flexibility index (Phi) is 7.53. The van der Waals surface area contributed by atoms with Gasteiger partial charge in [0.25, 0.3) is 0 Å². The molecule has 0 spiro atoms. The third-order valence-electron chi connectivity index (χ3n) is 2.63. The second-order valence-corrected chi connectivity index (χ2v) is 5.31. The van der Waals surface area contributed by atoms with Crippen LogP contribution in [0.25, 0.3) is 0 Å². The van der Waals surface area contributed by atoms with Crippen molar-refractivity contribution in [2.45, 2.75) is 17.7 Å². The van der Waals surface area contributed by atoms with Crippen molar-refractivity contribution in [2.24, 2.45) is 0 Å². The summed E-state index contributed by atoms with van der Waals surface area (Å²) in [6.45, 7) is 1.96. The molecule has 0 aliphatic carbocycles. The summed E-state index contributed by atoms with van der Waals surface area (Å²) in [6, 6.07) is 10.4. The standard InChI is InChI=1S/C14H21NO2S/c1-15(10-6-9-14(16)17-2)11-12-18-13-7-4-3-5-8-13/h3-5,7-8H,6,9-12H2,1-2H3. The van der Waals surface area contributed by atoms with E-state index < -0.39 is 0 Å². The highest BCUT2D eigenvalue weighted by atomic mass is 32.2. The highest BCUT2D eigenvalue weighted by Crippen LogP contribution is 2.16. The molecule has 0 unspecified atom stereocenters. The van der Waals surface area contributed by atoms with Crippen LogP contribution in [0.1, 0.15) is 12.8 Å². The second kappa shape index (κ2) is 9.00. The zero-order valence-corrected chi connectivity index (χ0v) is 11.9. The Morgan fingerprint density at radius 1 is 1.28 bits per heavy atom. The van der Waals surface area contributed by atoms with Crippen LogP contribution in [-0.4, -0.2) is 43.9 Å². The summed E-state index contributed by atoms with van der Waals surface area (Å²) in [6.07, 6.45) is 1.37. The van der Waals surface area contributed by atoms with Crippen LogP contribution in [0.5, 0.6) is 0 Å². The molecule has 0 N–H and O–H groups in total. The van der Waals surface area contributed by atoms with Crippen molar-refractivity contribution in [3.8, 4) is 0 Å². The number of nitrogens with zero attached hydrogens (tertiary/aromatic N) is 1. The highest BCUT2D eigenvalue weighted by Gasteiger charge is 2.03. The van der Waals surface area contributed by atoms with Gasteiger partial charge >= 0.3 is 5.97 Å². The van der Waals surface area contributed by atoms with Gasteiger partial charge in [-0.2, -0.15) is 0 Å². The number of esters is 1. The lowest BCUT2D eigenvalue weighted by Gasteiger charge is -2.15. The fourth-order valence-corrected chi connectivity index (χ4v) is 2.53. The van der Waals surface area contributed by atoms with Gasteiger partial charge in [0.1, 0.15) is 0 Å². The van der Waals surface area contributed by atoms with Crippen LogP contribution in [-0.2, 0) is 9.53 Å². The molecule has 0 aliphatic heterocycles. The van der Waals surface area contributed by atoms with E-state index in [0.717, 1.165) is 25.3 Å². The molecule has 0 fully saturated rings. The Morgan fingerprint density at radius 2 is 2.00 bits per heavy atom. The van der Waals surface area contributed by atoms with Crippen molar-refractivity contribution in [3.05, 3.63) is 30.3 Å². The number of thioether (sulfide) groups is 1. The number of ether oxygens (including phenoxy) is 1. The zero-order valence-electron chi connectivity index (χ0n) is 11.1. The molecule has 1 aromatic carbocycles. The lowest BCUT2D eigenvalue weighted by Crippen LogP contribution is -2.23. The number of carbonyl (C=O) groups excluding carboxylic acids is 1. The van der Waals surface area contributed by atoms with E-state index in [1.807, 2.05) is 17.8 Å². The van der Waals surface area contributed by atoms with Gasteiger partial charge in [0.15, 0.2) is 0 Å². The minimum atomic E-state index is -0.123. The molecule has 0 heterocycles. The van der Waals surface area contributed by atoms with Crippen LogP contribution >= 0.6 is 11.8 Å². The summed E-state index contributed by atoms with van der Waals surface area (Å²) in [5.74, 6) is 0.945. The van der Waals surface area contributed by atoms with E-state index in [-0.39, 0.29) is 5.97 Å². The van der Waals surface area contributed by atoms with Gasteiger partial charge in [0.05, 0.1) is 7.11 Å². The smallest absolute Gasteiger partial charge is 0.305 e. The Hall–Kier alpha value is -1.00. The third kappa shape index (κ3) is 6.67. The van der Waals surface area contributed by atoms with Gasteiger partial charge in [-0.25, -0.2) is 0 Å². The molecule has 0 aromatic heterocycles. The van der Waals surface area contributed by atoms with Crippen LogP contribution < -0.4 is 0 Å². The molecule has 3 nitrogen and oxygen atoms in total. The minimum Gasteiger partial charge on any atom is -0.469 e. The molecule has 4 heteroatoms. The molecular weight excluding hydrogens is 246 g/mol. The number of benzene rings is 1. The summed E-state index contributed by atoms with van der Waals surface area (Å²) in [7, 11) is 3.52. The van der Waals surface area contributed by atoms with Crippen molar-refractivity contribution in [2.75, 3.05) is 33.0 Å². The van der Waals surface area contributed by atoms with Gasteiger partial charge in [-0.05, 0) is 32.1 Å². The Labute approximate surface area is 114 Å². The average Bonchev–Trinajstić information content (AvgIpc) is 2.39. The Balaban J connectivity index is 2.06. The van der Waals surface area contributed by atoms with E-state index in [1.54, 1.807) is 0 Å². The molecule has 0 saturated carbocycles. The molecule has 0 radical (unpaired) electrons. The van der Waals surface area contributed by atoms with Gasteiger partial charge in [-0.15, -0.1) is 11.8 Å². The number of methoxy groups -OCH3 is 1. The largest absolute Gasteiger partial charge is 0.469 e. The lowest BCUT2D eigenvalue weighted by molar-refractivity contribution is -0.140. The van der Waals surface area contributed by atoms with Crippen LogP contribution in [0, 0.1) is 0 Å². The maximum absolute atomic E-state index is 10.9. The normalized spacial score (nSPS) is 10.6. The molecular formula is C14H21NO2S. The van der Waals surface area contributed by atoms with Crippen LogP contribution in [0.4, 0.5) is 0 Å². The van der Waals surface area contributed by atoms with E-state index in [2.05, 4.69) is 40.9 Å². The van der Waals surface area contributed by atoms with Crippen LogP contribution in [0.2, 0.25) is 0 Å². The van der Waals surface area contributed by atoms with E-state index >= 15 is 0 Å². The first-order valence-corrected chi connectivity index (χ1v) is 7.14. The molecule has 100 valence electrons. The number of rotatable bonds is 8. The van der Waals surface area contributed by atoms with Crippen molar-refractivity contribution in [3.63, 3.8) is 0 Å². The number of hydrogen-bond acceptors (Lipinski definition) is 4. The summed E-state index contributed by atoms with van der Waals surface area (Å²) < 4.78 is 4.61. The van der Waals surface area contributed by atoms with Crippen molar-refractivity contribution >= 4 is 17.7 Å². The van der Waals surface area contributed by atoms with E-state index in [1.165, 1.54) is 12.0 Å². The maximum atomic E-state index is 10.9. The van der Waals surface area contributed by atoms with Gasteiger partial charge in [-0.3, -0.25) is 4.79 Å². The quantitative estimate of drug-likeness (QED) is 0.535. The summed E-state index contributed by atoms with van der Waals surface area (Å²) in [4.78, 5) is 14.5. The molecule has 1 rings (SSSR count). The topological polar surface area (TPSA) is 29.5 Å². The monoisotopic (exact) mass is 267 g/mol. The lowest BCUT2D eigenvalue weighted by atomic mass is 10.3. The minimum absolute atomic E-state index is 0.123. The number of hydrogen-bond donors (Lipinski definition) is 0. The number of carbonyl (C=O) groups is 1. The molecule has 0 saturated heterocycles. The van der Waals surface area contributed by atoms with E-state index in [9.17, 15) is 4.79 Å². The van der Waals surface area contributed by atoms with Crippen molar-refractivity contribution in [1.29, 1.82) is 0 Å². The predicted molar refractivity (Wildman–Crippen MR) is 75.9 cm³/mol. The van der Waals surface area contributed by atoms with Gasteiger partial charge < -0.3 is 9.64 Å². The molecule has 18 heavy (non-hydrogen) atoms. The third-order valence-corrected chi connectivity index (χ3v) is 3.63. The first kappa shape index (κ1) is 15.1. The fraction of sp³-hybridized carbons (Fsp3) is 0.500. The average molecular weight is 267 g/mol. The maximum Gasteiger partial charge on any atom is 0.305 e. The Bertz CT molecular complexity index is 343. The predicted octanol–water partition coefficient (Wildman–Crippen LogP) is 2.66. The van der Waals surface area contributed by atoms with Crippen LogP contribution in [0.3, 0.4) is 0 Å². The van der Waals surface area contributed by atoms with Crippen molar-refractivity contribution in [1.82, 2.24) is 4.90 Å². The van der Waals surface area contributed by atoms with Gasteiger partial charge in [-0.1, -0.05) is 18.2 Å². The molecule has 0 bridgehead atoms. The first-order valence-electron chi connectivity index (χ1n) is 6.15. The summed E-state index contributed by atoms with van der Waals surface area (Å²) in [5.41, 5.74) is 0. The summed E-state index contributed by atoms with van der Waals surface area (Å²) >= 11 is 1.86. The summed E-state index contributed by atoms with van der Waals surface area (Å²) in [5, 5.41) is 0. The van der Waals surface area contributed by atoms with E-state index in [4.69, 9.17) is 0 Å². The van der Waals surface area contributed by atoms with Crippen LogP contribution in [0.15, 0.2) is 35.2 Å². The SMILES string of the molecule is COC(=O)CCCN(C)CCSc1ccccc1. The van der Waals surface area contributed by atoms with Gasteiger partial charge in [0, 0.05) is 23.6 Å². The molecule has 0 amide bonds. The van der Waals surface area contributed by atoms with E-state index in [0.29, 0.717) is 6.42 Å². The zero-order chi connectivity index (χ0) is 13.2. The Morgan fingerprint density at radius 3 is 2.67 bits per heavy atom. The molecule has 0 aliphatic rings. The van der Waals surface area contributed by atoms with Crippen molar-refractivity contribution < 1.29 is 9.53 Å². The molecule has 0 atom stereocenters.